The average Bonchev–Trinajstić information content (AvgIpc) is 3.75. The van der Waals surface area contributed by atoms with Crippen molar-refractivity contribution in [2.75, 3.05) is 23.0 Å². The smallest absolute Gasteiger partial charge is 0.263 e. The second kappa shape index (κ2) is 14.2. The van der Waals surface area contributed by atoms with E-state index in [2.05, 4.69) is 41.0 Å². The molecule has 7 rings (SSSR count). The first-order valence-corrected chi connectivity index (χ1v) is 21.3. The van der Waals surface area contributed by atoms with Gasteiger partial charge in [-0.15, -0.1) is 11.3 Å². The van der Waals surface area contributed by atoms with Crippen LogP contribution in [-0.4, -0.2) is 44.0 Å². The molecule has 9 nitrogen and oxygen atoms in total. The molecule has 5 aromatic rings. The normalized spacial score (nSPS) is 18.3. The Morgan fingerprint density at radius 3 is 2.50 bits per heavy atom. The Hall–Kier alpha value is -3.56. The molecule has 0 fully saturated rings. The Morgan fingerprint density at radius 2 is 1.70 bits per heavy atom. The van der Waals surface area contributed by atoms with Gasteiger partial charge in [-0.05, 0) is 89.7 Å². The summed E-state index contributed by atoms with van der Waals surface area (Å²) in [6.07, 6.45) is 8.00. The minimum absolute atomic E-state index is 0.0802. The number of rotatable bonds is 11. The highest BCUT2D eigenvalue weighted by Crippen LogP contribution is 2.42. The summed E-state index contributed by atoms with van der Waals surface area (Å²) >= 11 is 9.70. The highest BCUT2D eigenvalue weighted by atomic mass is 35.5. The number of nitrogens with zero attached hydrogens (tertiary/aromatic N) is 2. The summed E-state index contributed by atoms with van der Waals surface area (Å²) in [6.45, 7) is 0.657. The third-order valence-corrected chi connectivity index (χ3v) is 12.6. The number of thiophene rings is 1. The van der Waals surface area contributed by atoms with Crippen molar-refractivity contribution in [1.29, 1.82) is 0 Å². The lowest BCUT2D eigenvalue weighted by Crippen LogP contribution is -2.36. The fraction of sp³-hybridized carbons (Fsp3) is 0.250. The summed E-state index contributed by atoms with van der Waals surface area (Å²) in [7, 11) is -8.73. The van der Waals surface area contributed by atoms with E-state index in [1.54, 1.807) is 22.7 Å². The van der Waals surface area contributed by atoms with E-state index in [4.69, 9.17) is 16.3 Å². The van der Waals surface area contributed by atoms with Gasteiger partial charge in [-0.2, -0.15) is 4.57 Å². The van der Waals surface area contributed by atoms with Crippen molar-refractivity contribution in [2.24, 2.45) is 0 Å². The number of thiazole rings is 1. The van der Waals surface area contributed by atoms with E-state index in [0.29, 0.717) is 29.6 Å². The number of anilines is 1. The average molecular weight is 768 g/mol. The van der Waals surface area contributed by atoms with Crippen LogP contribution >= 0.6 is 34.3 Å². The Morgan fingerprint density at radius 1 is 0.920 bits per heavy atom. The van der Waals surface area contributed by atoms with Crippen LogP contribution in [0.4, 0.5) is 5.69 Å². The topological polar surface area (TPSA) is 131 Å². The Kier molecular flexibility index (Phi) is 9.92. The summed E-state index contributed by atoms with van der Waals surface area (Å²) in [5.74, 6) is 0.354. The molecule has 0 radical (unpaired) electrons. The molecular formula is C36H32ClN2O7S4-. The maximum absolute atomic E-state index is 11.5. The largest absolute Gasteiger partial charge is 0.748 e. The molecule has 260 valence electrons. The van der Waals surface area contributed by atoms with Gasteiger partial charge in [0, 0.05) is 46.3 Å². The fourth-order valence-corrected chi connectivity index (χ4v) is 9.81. The molecule has 2 aliphatic rings. The number of halogens is 1. The molecule has 1 unspecified atom stereocenters. The summed E-state index contributed by atoms with van der Waals surface area (Å²) < 4.78 is 79.3. The molecule has 0 spiro atoms. The van der Waals surface area contributed by atoms with Gasteiger partial charge >= 0.3 is 0 Å². The van der Waals surface area contributed by atoms with Crippen LogP contribution < -0.4 is 14.2 Å². The van der Waals surface area contributed by atoms with E-state index in [-0.39, 0.29) is 25.3 Å². The van der Waals surface area contributed by atoms with Gasteiger partial charge < -0.3 is 18.7 Å². The van der Waals surface area contributed by atoms with Crippen LogP contribution in [0.3, 0.4) is 0 Å². The minimum Gasteiger partial charge on any atom is -0.748 e. The van der Waals surface area contributed by atoms with Gasteiger partial charge in [0.1, 0.15) is 4.70 Å². The van der Waals surface area contributed by atoms with Crippen molar-refractivity contribution in [3.05, 3.63) is 117 Å². The molecule has 0 saturated carbocycles. The molecule has 14 heteroatoms. The van der Waals surface area contributed by atoms with Crippen molar-refractivity contribution in [2.45, 2.75) is 38.1 Å². The molecule has 0 saturated heterocycles. The Balaban J connectivity index is 1.31. The molecule has 3 heterocycles. The number of para-hydroxylation sites is 2. The Bertz CT molecular complexity index is 2410. The maximum atomic E-state index is 11.5. The SMILES string of the molecule is O=S(=O)([O-])CCCN1/C(=C/C2=CC(=C/c3sc4ccc5sccc5c4[n+]3CCCS(=O)(=O)[O-])/CC(c3cccc(Cl)c3)C2)Oc2ccccc21. The van der Waals surface area contributed by atoms with Crippen molar-refractivity contribution >= 4 is 86.6 Å². The number of hydrogen-bond donors (Lipinski definition) is 0. The number of benzene rings is 3. The molecular weight excluding hydrogens is 736 g/mol. The fourth-order valence-electron chi connectivity index (χ4n) is 6.68. The molecule has 3 aromatic carbocycles. The molecule has 1 atom stereocenters. The van der Waals surface area contributed by atoms with Crippen LogP contribution in [0.25, 0.3) is 26.4 Å². The first kappa shape index (κ1) is 34.9. The molecule has 1 aliphatic heterocycles. The lowest BCUT2D eigenvalue weighted by molar-refractivity contribution is -0.667. The number of allylic oxidation sites excluding steroid dienone is 4. The summed E-state index contributed by atoms with van der Waals surface area (Å²) in [4.78, 5) is 1.91. The van der Waals surface area contributed by atoms with Gasteiger partial charge in [0.25, 0.3) is 5.01 Å². The van der Waals surface area contributed by atoms with Crippen LogP contribution in [0.15, 0.2) is 101 Å². The number of ether oxygens (including phenoxy) is 1. The van der Waals surface area contributed by atoms with E-state index < -0.39 is 31.7 Å². The van der Waals surface area contributed by atoms with Crippen molar-refractivity contribution in [3.8, 4) is 5.75 Å². The summed E-state index contributed by atoms with van der Waals surface area (Å²) in [6, 6.07) is 21.6. The molecule has 0 N–H and O–H groups in total. The quantitative estimate of drug-likeness (QED) is 0.0995. The predicted molar refractivity (Wildman–Crippen MR) is 198 cm³/mol. The second-order valence-electron chi connectivity index (χ2n) is 12.4. The highest BCUT2D eigenvalue weighted by molar-refractivity contribution is 7.85. The predicted octanol–water partition coefficient (Wildman–Crippen LogP) is 7.56. The zero-order chi connectivity index (χ0) is 35.0. The monoisotopic (exact) mass is 767 g/mol. The lowest BCUT2D eigenvalue weighted by atomic mass is 9.81. The van der Waals surface area contributed by atoms with Crippen molar-refractivity contribution in [1.82, 2.24) is 0 Å². The molecule has 0 amide bonds. The van der Waals surface area contributed by atoms with E-state index in [1.807, 2.05) is 58.8 Å². The third-order valence-electron chi connectivity index (χ3n) is 8.78. The van der Waals surface area contributed by atoms with Crippen LogP contribution in [-0.2, 0) is 26.8 Å². The molecule has 50 heavy (non-hydrogen) atoms. The van der Waals surface area contributed by atoms with E-state index in [9.17, 15) is 25.9 Å². The van der Waals surface area contributed by atoms with Crippen LogP contribution in [0.2, 0.25) is 5.02 Å². The maximum Gasteiger partial charge on any atom is 0.263 e. The minimum atomic E-state index is -4.36. The third kappa shape index (κ3) is 7.99. The van der Waals surface area contributed by atoms with E-state index in [1.165, 1.54) is 0 Å². The van der Waals surface area contributed by atoms with Gasteiger partial charge in [-0.1, -0.05) is 53.3 Å². The molecule has 2 aromatic heterocycles. The van der Waals surface area contributed by atoms with Gasteiger partial charge in [-0.3, -0.25) is 0 Å². The van der Waals surface area contributed by atoms with E-state index in [0.717, 1.165) is 54.1 Å². The zero-order valence-corrected chi connectivity index (χ0v) is 30.7. The van der Waals surface area contributed by atoms with Gasteiger partial charge in [0.15, 0.2) is 12.3 Å². The van der Waals surface area contributed by atoms with Gasteiger partial charge in [0.2, 0.25) is 11.4 Å². The number of fused-ring (bicyclic) bond motifs is 4. The molecule has 1 aliphatic carbocycles. The molecule has 0 bridgehead atoms. The standard InChI is InChI=1S/C36H33ClN2O7S4/c37-28-7-3-6-26(23-28)27-19-24(21-34-38(13-4-16-49(40,41)42)30-8-1-2-9-31(30)46-34)18-25(20-27)22-35-39(14-5-17-50(43,44)45)36-29-12-15-47-32(29)10-11-33(36)48-35/h1-3,6-12,15,18,21-23,27H,4-5,13-14,16-17,19-20H2,(H-,40,41,42,43,44,45)/p-1. The number of aromatic nitrogens is 1. The first-order chi connectivity index (χ1) is 23.9. The van der Waals surface area contributed by atoms with Crippen molar-refractivity contribution in [3.63, 3.8) is 0 Å². The zero-order valence-electron chi connectivity index (χ0n) is 26.7. The summed E-state index contributed by atoms with van der Waals surface area (Å²) in [5, 5.41) is 4.71. The Labute approximate surface area is 303 Å². The van der Waals surface area contributed by atoms with Crippen LogP contribution in [0.5, 0.6) is 5.75 Å². The highest BCUT2D eigenvalue weighted by Gasteiger charge is 2.29. The number of aryl methyl sites for hydroxylation is 1. The van der Waals surface area contributed by atoms with Gasteiger partial charge in [-0.25, -0.2) is 16.8 Å². The number of hydrogen-bond acceptors (Lipinski definition) is 10. The van der Waals surface area contributed by atoms with Crippen LogP contribution in [0, 0.1) is 0 Å². The van der Waals surface area contributed by atoms with Gasteiger partial charge in [0.05, 0.1) is 31.3 Å². The summed E-state index contributed by atoms with van der Waals surface area (Å²) in [5.41, 5.74) is 4.94. The van der Waals surface area contributed by atoms with Crippen LogP contribution in [0.1, 0.15) is 42.2 Å². The second-order valence-corrected chi connectivity index (χ2v) is 17.9. The van der Waals surface area contributed by atoms with E-state index >= 15 is 0 Å². The lowest BCUT2D eigenvalue weighted by Gasteiger charge is -2.25. The first-order valence-electron chi connectivity index (χ1n) is 16.0. The van der Waals surface area contributed by atoms with Crippen molar-refractivity contribution < 1.29 is 35.2 Å².